The smallest absolute Gasteiger partial charge is 0.406 e. The Morgan fingerprint density at radius 1 is 1.28 bits per heavy atom. The van der Waals surface area contributed by atoms with Crippen molar-refractivity contribution < 1.29 is 37.8 Å². The normalized spacial score (nSPS) is 22.0. The van der Waals surface area contributed by atoms with Crippen molar-refractivity contribution in [3.8, 4) is 0 Å². The molecule has 0 spiro atoms. The third-order valence-corrected chi connectivity index (χ3v) is 8.80. The largest absolute Gasteiger partial charge is 0.462 e. The number of nitrogens with one attached hydrogen (secondary N) is 2. The molecule has 0 amide bonds. The minimum Gasteiger partial charge on any atom is -0.462 e. The Hall–Kier alpha value is -1.80. The summed E-state index contributed by atoms with van der Waals surface area (Å²) in [5, 5.41) is 11.7. The maximum Gasteiger partial charge on any atom is 0.406 e. The summed E-state index contributed by atoms with van der Waals surface area (Å²) in [6.07, 6.45) is 1.02. The average molecular weight is 594 g/mol. The van der Waals surface area contributed by atoms with Crippen molar-refractivity contribution in [1.29, 1.82) is 0 Å². The lowest BCUT2D eigenvalue weighted by Crippen LogP contribution is -2.36. The highest BCUT2D eigenvalue weighted by Crippen LogP contribution is 2.45. The Morgan fingerprint density at radius 2 is 1.95 bits per heavy atom. The zero-order valence-corrected chi connectivity index (χ0v) is 24.9. The number of hydrogen-bond donors (Lipinski definition) is 3. The summed E-state index contributed by atoms with van der Waals surface area (Å²) < 4.78 is 37.1. The fraction of sp³-hybridized carbons (Fsp3) is 0.750. The number of H-pyrrole nitrogens is 1. The molecule has 5 atom stereocenters. The number of aromatic amines is 1. The maximum atomic E-state index is 13.5. The molecule has 5 unspecified atom stereocenters. The van der Waals surface area contributed by atoms with Gasteiger partial charge in [-0.2, -0.15) is 0 Å². The number of carbonyl (C=O) groups excluding carboxylic acids is 2. The van der Waals surface area contributed by atoms with Gasteiger partial charge in [-0.1, -0.05) is 18.7 Å². The first kappa shape index (κ1) is 33.4. The molecule has 0 aromatic carbocycles. The summed E-state index contributed by atoms with van der Waals surface area (Å²) in [7, 11) is -4.01. The molecule has 0 aliphatic carbocycles. The van der Waals surface area contributed by atoms with Crippen LogP contribution in [0.25, 0.3) is 0 Å². The van der Waals surface area contributed by atoms with Gasteiger partial charge >= 0.3 is 19.4 Å². The first-order valence-corrected chi connectivity index (χ1v) is 15.3. The van der Waals surface area contributed by atoms with Crippen molar-refractivity contribution in [2.45, 2.75) is 78.9 Å². The van der Waals surface area contributed by atoms with Crippen LogP contribution in [-0.2, 0) is 32.7 Å². The molecule has 39 heavy (non-hydrogen) atoms. The van der Waals surface area contributed by atoms with E-state index in [-0.39, 0.29) is 48.8 Å². The lowest BCUT2D eigenvalue weighted by atomic mass is 9.97. The van der Waals surface area contributed by atoms with Gasteiger partial charge in [0, 0.05) is 23.9 Å². The van der Waals surface area contributed by atoms with Gasteiger partial charge < -0.3 is 14.6 Å². The third kappa shape index (κ3) is 10.3. The van der Waals surface area contributed by atoms with Crippen LogP contribution in [0.3, 0.4) is 0 Å². The zero-order valence-electron chi connectivity index (χ0n) is 23.2. The van der Waals surface area contributed by atoms with Gasteiger partial charge in [0.2, 0.25) is 0 Å². The van der Waals surface area contributed by atoms with E-state index in [1.54, 1.807) is 27.7 Å². The second-order valence-electron chi connectivity index (χ2n) is 10.3. The Morgan fingerprint density at radius 3 is 2.56 bits per heavy atom. The minimum atomic E-state index is -4.01. The summed E-state index contributed by atoms with van der Waals surface area (Å²) in [6.45, 7) is 9.52. The molecule has 0 saturated carbocycles. The molecule has 1 aliphatic rings. The number of rotatable bonds is 15. The fourth-order valence-corrected chi connectivity index (χ4v) is 6.08. The van der Waals surface area contributed by atoms with Crippen LogP contribution in [0.15, 0.2) is 21.9 Å². The van der Waals surface area contributed by atoms with Gasteiger partial charge in [0.25, 0.3) is 5.56 Å². The van der Waals surface area contributed by atoms with Gasteiger partial charge in [-0.05, 0) is 47.5 Å². The van der Waals surface area contributed by atoms with Gasteiger partial charge in [0.1, 0.15) is 12.3 Å². The quantitative estimate of drug-likeness (QED) is 0.154. The molecule has 0 bridgehead atoms. The standard InChI is InChI=1S/C24H40N3O10PS/c1-15(2)36-21(30)17(4)26-38(33,35-11-12-39-22(31)24(5,6)14-28)34-10-8-18-13-16(3)20(37-18)27-9-7-19(29)25-23(27)32/h7,9,15-18,20,28H,8,10-14H2,1-6H3,(H,26,33)(H,25,29,32). The Balaban J connectivity index is 1.99. The van der Waals surface area contributed by atoms with Crippen LogP contribution in [0.1, 0.15) is 60.6 Å². The summed E-state index contributed by atoms with van der Waals surface area (Å²) in [4.78, 5) is 50.2. The average Bonchev–Trinajstić information content (AvgIpc) is 3.21. The molecule has 1 aliphatic heterocycles. The molecule has 3 N–H and O–H groups in total. The summed E-state index contributed by atoms with van der Waals surface area (Å²) in [5.74, 6) is -0.516. The first-order chi connectivity index (χ1) is 18.2. The number of nitrogens with zero attached hydrogens (tertiary/aromatic N) is 1. The number of ether oxygens (including phenoxy) is 2. The Kier molecular flexibility index (Phi) is 12.6. The molecule has 0 radical (unpaired) electrons. The van der Waals surface area contributed by atoms with Gasteiger partial charge in [-0.15, -0.1) is 0 Å². The molecule has 1 aromatic rings. The lowest BCUT2D eigenvalue weighted by Gasteiger charge is -2.24. The SMILES string of the molecule is CC(C)OC(=O)C(C)NP(=O)(OCCSC(=O)C(C)(C)CO)OCCC1CC(C)C(n2ccc(=O)[nH]c2=O)O1. The van der Waals surface area contributed by atoms with Crippen molar-refractivity contribution in [3.63, 3.8) is 0 Å². The monoisotopic (exact) mass is 593 g/mol. The van der Waals surface area contributed by atoms with Gasteiger partial charge in [-0.3, -0.25) is 33.0 Å². The van der Waals surface area contributed by atoms with E-state index in [9.17, 15) is 28.8 Å². The molecular formula is C24H40N3O10PS. The second-order valence-corrected chi connectivity index (χ2v) is 13.2. The highest BCUT2D eigenvalue weighted by Gasteiger charge is 2.36. The Bertz CT molecular complexity index is 1140. The summed E-state index contributed by atoms with van der Waals surface area (Å²) in [5.41, 5.74) is -1.99. The minimum absolute atomic E-state index is 0.0386. The van der Waals surface area contributed by atoms with Crippen LogP contribution in [0, 0.1) is 11.3 Å². The van der Waals surface area contributed by atoms with Gasteiger partial charge in [0.15, 0.2) is 5.12 Å². The van der Waals surface area contributed by atoms with Crippen molar-refractivity contribution in [3.05, 3.63) is 33.1 Å². The van der Waals surface area contributed by atoms with Crippen LogP contribution >= 0.6 is 19.5 Å². The number of aliphatic hydroxyl groups excluding tert-OH is 1. The van der Waals surface area contributed by atoms with Crippen LogP contribution in [0.4, 0.5) is 0 Å². The van der Waals surface area contributed by atoms with Gasteiger partial charge in [-0.25, -0.2) is 14.4 Å². The van der Waals surface area contributed by atoms with Crippen LogP contribution < -0.4 is 16.3 Å². The van der Waals surface area contributed by atoms with Crippen molar-refractivity contribution in [2.75, 3.05) is 25.6 Å². The third-order valence-electron chi connectivity index (χ3n) is 5.86. The molecular weight excluding hydrogens is 553 g/mol. The van der Waals surface area contributed by atoms with E-state index in [0.29, 0.717) is 12.8 Å². The lowest BCUT2D eigenvalue weighted by molar-refractivity contribution is -0.149. The van der Waals surface area contributed by atoms with Crippen LogP contribution in [0.2, 0.25) is 0 Å². The first-order valence-electron chi connectivity index (χ1n) is 12.8. The van der Waals surface area contributed by atoms with E-state index < -0.39 is 42.6 Å². The molecule has 1 saturated heterocycles. The number of esters is 1. The molecule has 222 valence electrons. The predicted molar refractivity (Wildman–Crippen MR) is 145 cm³/mol. The van der Waals surface area contributed by atoms with E-state index in [1.165, 1.54) is 23.8 Å². The van der Waals surface area contributed by atoms with Crippen molar-refractivity contribution in [1.82, 2.24) is 14.6 Å². The van der Waals surface area contributed by atoms with E-state index in [2.05, 4.69) is 10.1 Å². The van der Waals surface area contributed by atoms with Crippen LogP contribution in [-0.4, -0.2) is 69.6 Å². The summed E-state index contributed by atoms with van der Waals surface area (Å²) in [6, 6.07) is 0.245. The molecule has 13 nitrogen and oxygen atoms in total. The summed E-state index contributed by atoms with van der Waals surface area (Å²) >= 11 is 0.937. The fourth-order valence-electron chi connectivity index (χ4n) is 3.66. The van der Waals surface area contributed by atoms with Crippen molar-refractivity contribution in [2.24, 2.45) is 11.3 Å². The molecule has 2 heterocycles. The molecule has 2 rings (SSSR count). The second kappa shape index (κ2) is 14.7. The van der Waals surface area contributed by atoms with E-state index in [1.807, 2.05) is 6.92 Å². The zero-order chi connectivity index (χ0) is 29.4. The molecule has 1 aromatic heterocycles. The number of carbonyl (C=O) groups is 2. The number of aromatic nitrogens is 2. The van der Waals surface area contributed by atoms with E-state index in [4.69, 9.17) is 18.5 Å². The Labute approximate surface area is 231 Å². The highest BCUT2D eigenvalue weighted by atomic mass is 32.2. The van der Waals surface area contributed by atoms with Crippen molar-refractivity contribution >= 4 is 30.6 Å². The number of aliphatic hydroxyl groups is 1. The molecule has 1 fully saturated rings. The topological polar surface area (TPSA) is 175 Å². The van der Waals surface area contributed by atoms with E-state index in [0.717, 1.165) is 11.8 Å². The number of thioether (sulfide) groups is 1. The van der Waals surface area contributed by atoms with Gasteiger partial charge in [0.05, 0.1) is 37.4 Å². The van der Waals surface area contributed by atoms with E-state index >= 15 is 0 Å². The maximum absolute atomic E-state index is 13.5. The predicted octanol–water partition coefficient (Wildman–Crippen LogP) is 2.20. The number of hydrogen-bond acceptors (Lipinski definition) is 11. The molecule has 15 heteroatoms. The highest BCUT2D eigenvalue weighted by molar-refractivity contribution is 8.13. The van der Waals surface area contributed by atoms with Crippen LogP contribution in [0.5, 0.6) is 0 Å².